The number of rotatable bonds is 7. The molecule has 0 bridgehead atoms. The Bertz CT molecular complexity index is 802. The fraction of sp³-hybridized carbons (Fsp3) is 0.478. The largest absolute Gasteiger partial charge is 0.339 e. The second kappa shape index (κ2) is 10.0. The Morgan fingerprint density at radius 1 is 1.17 bits per heavy atom. The lowest BCUT2D eigenvalue weighted by molar-refractivity contribution is -0.118. The maximum absolute atomic E-state index is 12.8. The zero-order valence-corrected chi connectivity index (χ0v) is 18.3. The molecule has 29 heavy (non-hydrogen) atoms. The molecule has 3 rings (SSSR count). The number of amides is 2. The van der Waals surface area contributed by atoms with E-state index in [1.807, 2.05) is 37.4 Å². The molecule has 1 saturated heterocycles. The lowest BCUT2D eigenvalue weighted by Crippen LogP contribution is -2.46. The van der Waals surface area contributed by atoms with E-state index in [-0.39, 0.29) is 17.7 Å². The van der Waals surface area contributed by atoms with Crippen LogP contribution in [0.3, 0.4) is 0 Å². The highest BCUT2D eigenvalue weighted by atomic mass is 32.1. The van der Waals surface area contributed by atoms with E-state index >= 15 is 0 Å². The van der Waals surface area contributed by atoms with Crippen LogP contribution in [-0.2, 0) is 11.3 Å². The van der Waals surface area contributed by atoms with Crippen LogP contribution in [0.1, 0.15) is 55.3 Å². The van der Waals surface area contributed by atoms with Crippen molar-refractivity contribution in [2.24, 2.45) is 5.92 Å². The van der Waals surface area contributed by atoms with E-state index in [2.05, 4.69) is 34.6 Å². The molecule has 0 aliphatic carbocycles. The van der Waals surface area contributed by atoms with E-state index in [1.54, 1.807) is 6.07 Å². The molecule has 1 aliphatic rings. The van der Waals surface area contributed by atoms with Gasteiger partial charge in [-0.2, -0.15) is 0 Å². The van der Waals surface area contributed by atoms with E-state index in [9.17, 15) is 9.59 Å². The lowest BCUT2D eigenvalue weighted by atomic mass is 10.0. The predicted octanol–water partition coefficient (Wildman–Crippen LogP) is 4.52. The summed E-state index contributed by atoms with van der Waals surface area (Å²) in [5.41, 5.74) is 2.00. The first-order valence-corrected chi connectivity index (χ1v) is 11.3. The van der Waals surface area contributed by atoms with Crippen molar-refractivity contribution in [3.63, 3.8) is 0 Å². The second-order valence-electron chi connectivity index (χ2n) is 8.17. The molecule has 6 heteroatoms. The molecular weight excluding hydrogens is 382 g/mol. The van der Waals surface area contributed by atoms with Crippen molar-refractivity contribution in [3.8, 4) is 0 Å². The number of likely N-dealkylation sites (tertiary alicyclic amines) is 1. The average Bonchev–Trinajstić information content (AvgIpc) is 3.24. The van der Waals surface area contributed by atoms with E-state index in [0.717, 1.165) is 18.8 Å². The fourth-order valence-electron chi connectivity index (χ4n) is 3.70. The minimum absolute atomic E-state index is 0.0150. The fourth-order valence-corrected chi connectivity index (χ4v) is 4.32. The molecule has 2 heterocycles. The number of carbonyl (C=O) groups excluding carboxylic acids is 2. The van der Waals surface area contributed by atoms with Gasteiger partial charge in [0.2, 0.25) is 5.91 Å². The number of carbonyl (C=O) groups is 2. The van der Waals surface area contributed by atoms with Gasteiger partial charge in [0.25, 0.3) is 5.91 Å². The number of nitrogens with one attached hydrogen (secondary N) is 2. The van der Waals surface area contributed by atoms with Crippen LogP contribution < -0.4 is 10.6 Å². The van der Waals surface area contributed by atoms with Crippen molar-refractivity contribution in [2.75, 3.05) is 11.9 Å². The van der Waals surface area contributed by atoms with E-state index in [1.165, 1.54) is 36.2 Å². The molecule has 1 fully saturated rings. The third-order valence-electron chi connectivity index (χ3n) is 5.53. The summed E-state index contributed by atoms with van der Waals surface area (Å²) in [7, 11) is 0. The zero-order chi connectivity index (χ0) is 20.8. The van der Waals surface area contributed by atoms with Crippen LogP contribution in [0.4, 0.5) is 5.69 Å². The summed E-state index contributed by atoms with van der Waals surface area (Å²) in [6, 6.07) is 11.7. The van der Waals surface area contributed by atoms with Gasteiger partial charge >= 0.3 is 0 Å². The molecular formula is C23H31N3O2S. The molecule has 5 nitrogen and oxygen atoms in total. The minimum Gasteiger partial charge on any atom is -0.339 e. The van der Waals surface area contributed by atoms with Crippen LogP contribution in [-0.4, -0.2) is 35.3 Å². The van der Waals surface area contributed by atoms with Gasteiger partial charge in [0.05, 0.1) is 4.88 Å². The van der Waals surface area contributed by atoms with E-state index in [4.69, 9.17) is 0 Å². The molecule has 0 saturated carbocycles. The van der Waals surface area contributed by atoms with Gasteiger partial charge in [0.15, 0.2) is 0 Å². The first kappa shape index (κ1) is 21.5. The third-order valence-corrected chi connectivity index (χ3v) is 6.40. The van der Waals surface area contributed by atoms with Crippen molar-refractivity contribution in [1.82, 2.24) is 10.2 Å². The van der Waals surface area contributed by atoms with Crippen LogP contribution >= 0.6 is 11.3 Å². The molecule has 0 spiro atoms. The molecule has 2 unspecified atom stereocenters. The summed E-state index contributed by atoms with van der Waals surface area (Å²) in [6.45, 7) is 8.26. The molecule has 2 N–H and O–H groups in total. The summed E-state index contributed by atoms with van der Waals surface area (Å²) in [5.74, 6) is -0.416. The molecule has 1 aliphatic heterocycles. The van der Waals surface area contributed by atoms with Gasteiger partial charge in [-0.1, -0.05) is 38.5 Å². The van der Waals surface area contributed by atoms with Crippen LogP contribution in [0.2, 0.25) is 0 Å². The molecule has 1 aromatic carbocycles. The van der Waals surface area contributed by atoms with E-state index in [0.29, 0.717) is 10.9 Å². The van der Waals surface area contributed by atoms with Crippen LogP contribution in [0, 0.1) is 5.92 Å². The van der Waals surface area contributed by atoms with Gasteiger partial charge < -0.3 is 10.6 Å². The lowest BCUT2D eigenvalue weighted by Gasteiger charge is -2.33. The van der Waals surface area contributed by atoms with Crippen molar-refractivity contribution < 1.29 is 9.59 Å². The highest BCUT2D eigenvalue weighted by Gasteiger charge is 2.25. The summed E-state index contributed by atoms with van der Waals surface area (Å²) in [5, 5.41) is 7.66. The summed E-state index contributed by atoms with van der Waals surface area (Å²) in [4.78, 5) is 28.3. The Kier molecular flexibility index (Phi) is 7.45. The van der Waals surface area contributed by atoms with Gasteiger partial charge in [0, 0.05) is 18.3 Å². The standard InChI is InChI=1S/C23H31N3O2S/c1-16(2)21(25-22(27)20-8-6-14-29-20)23(28)24-19-11-9-18(10-12-19)15-26-13-5-4-7-17(26)3/h6,8-12,14,16-17,21H,4-5,7,13,15H2,1-3H3,(H,24,28)(H,25,27). The Labute approximate surface area is 177 Å². The SMILES string of the molecule is CC(C)C(NC(=O)c1cccs1)C(=O)Nc1ccc(CN2CCCCC2C)cc1. The molecule has 1 aromatic heterocycles. The highest BCUT2D eigenvalue weighted by molar-refractivity contribution is 7.12. The Morgan fingerprint density at radius 2 is 1.93 bits per heavy atom. The summed E-state index contributed by atoms with van der Waals surface area (Å²) >= 11 is 1.37. The van der Waals surface area contributed by atoms with Crippen molar-refractivity contribution in [3.05, 3.63) is 52.2 Å². The Hall–Kier alpha value is -2.18. The maximum atomic E-state index is 12.8. The third kappa shape index (κ3) is 5.90. The number of piperidine rings is 1. The Balaban J connectivity index is 1.58. The molecule has 2 amide bonds. The number of hydrogen-bond acceptors (Lipinski definition) is 4. The maximum Gasteiger partial charge on any atom is 0.262 e. The average molecular weight is 414 g/mol. The number of anilines is 1. The first-order valence-electron chi connectivity index (χ1n) is 10.4. The van der Waals surface area contributed by atoms with Gasteiger partial charge in [0.1, 0.15) is 6.04 Å². The molecule has 156 valence electrons. The Morgan fingerprint density at radius 3 is 2.55 bits per heavy atom. The predicted molar refractivity (Wildman–Crippen MR) is 119 cm³/mol. The number of thiophene rings is 1. The van der Waals surface area contributed by atoms with Gasteiger partial charge in [-0.25, -0.2) is 0 Å². The van der Waals surface area contributed by atoms with Gasteiger partial charge in [-0.3, -0.25) is 14.5 Å². The van der Waals surface area contributed by atoms with Crippen LogP contribution in [0.5, 0.6) is 0 Å². The summed E-state index contributed by atoms with van der Waals surface area (Å²) in [6.07, 6.45) is 3.86. The minimum atomic E-state index is -0.585. The number of nitrogens with zero attached hydrogens (tertiary/aromatic N) is 1. The number of hydrogen-bond donors (Lipinski definition) is 2. The van der Waals surface area contributed by atoms with Gasteiger partial charge in [-0.15, -0.1) is 11.3 Å². The molecule has 2 aromatic rings. The second-order valence-corrected chi connectivity index (χ2v) is 9.12. The highest BCUT2D eigenvalue weighted by Crippen LogP contribution is 2.20. The van der Waals surface area contributed by atoms with Gasteiger partial charge in [-0.05, 0) is 61.4 Å². The van der Waals surface area contributed by atoms with Crippen molar-refractivity contribution in [1.29, 1.82) is 0 Å². The number of benzene rings is 1. The smallest absolute Gasteiger partial charge is 0.262 e. The normalized spacial score (nSPS) is 18.4. The summed E-state index contributed by atoms with van der Waals surface area (Å²) < 4.78 is 0. The molecule has 2 atom stereocenters. The van der Waals surface area contributed by atoms with Crippen molar-refractivity contribution >= 4 is 28.8 Å². The monoisotopic (exact) mass is 413 g/mol. The quantitative estimate of drug-likeness (QED) is 0.702. The van der Waals surface area contributed by atoms with Crippen LogP contribution in [0.25, 0.3) is 0 Å². The molecule has 0 radical (unpaired) electrons. The topological polar surface area (TPSA) is 61.4 Å². The van der Waals surface area contributed by atoms with E-state index < -0.39 is 6.04 Å². The van der Waals surface area contributed by atoms with Crippen molar-refractivity contribution in [2.45, 2.75) is 58.7 Å². The zero-order valence-electron chi connectivity index (χ0n) is 17.5. The van der Waals surface area contributed by atoms with Crippen LogP contribution in [0.15, 0.2) is 41.8 Å². The first-order chi connectivity index (χ1) is 13.9.